The molecular formula is C12H15BrCl2F3N3O3. The number of nitrogens with one attached hydrogen (secondary N) is 1. The van der Waals surface area contributed by atoms with Crippen LogP contribution in [0.5, 0.6) is 5.75 Å². The molecule has 0 saturated carbocycles. The van der Waals surface area contributed by atoms with E-state index in [4.69, 9.17) is 0 Å². The Morgan fingerprint density at radius 1 is 1.29 bits per heavy atom. The van der Waals surface area contributed by atoms with Crippen molar-refractivity contribution in [1.29, 1.82) is 0 Å². The van der Waals surface area contributed by atoms with Gasteiger partial charge < -0.3 is 10.4 Å². The van der Waals surface area contributed by atoms with Gasteiger partial charge in [-0.3, -0.25) is 15.0 Å². The minimum Gasteiger partial charge on any atom is -0.502 e. The molecule has 0 bridgehead atoms. The SMILES string of the molecule is Cl.Cl.O=[N+]([O-])c1cc(Br)cc([C@H](N2CCNCC2)C(F)(F)F)c1O. The van der Waals surface area contributed by atoms with Crippen molar-refractivity contribution in [2.75, 3.05) is 26.2 Å². The van der Waals surface area contributed by atoms with Gasteiger partial charge in [0.15, 0.2) is 5.75 Å². The van der Waals surface area contributed by atoms with E-state index in [-0.39, 0.29) is 42.4 Å². The highest BCUT2D eigenvalue weighted by Gasteiger charge is 2.47. The van der Waals surface area contributed by atoms with Crippen LogP contribution in [0.1, 0.15) is 11.6 Å². The first-order chi connectivity index (χ1) is 10.2. The first-order valence-electron chi connectivity index (χ1n) is 6.40. The Labute approximate surface area is 156 Å². The fourth-order valence-electron chi connectivity index (χ4n) is 2.47. The molecule has 12 heteroatoms. The van der Waals surface area contributed by atoms with Crippen molar-refractivity contribution in [3.8, 4) is 5.75 Å². The minimum absolute atomic E-state index is 0. The molecule has 24 heavy (non-hydrogen) atoms. The molecule has 2 N–H and O–H groups in total. The summed E-state index contributed by atoms with van der Waals surface area (Å²) in [6.45, 7) is 1.01. The van der Waals surface area contributed by atoms with E-state index < -0.39 is 34.1 Å². The number of benzene rings is 1. The summed E-state index contributed by atoms with van der Waals surface area (Å²) in [7, 11) is 0. The fraction of sp³-hybridized carbons (Fsp3) is 0.500. The Bertz CT molecular complexity index is 587. The van der Waals surface area contributed by atoms with Gasteiger partial charge in [-0.15, -0.1) is 24.8 Å². The number of nitrogens with zero attached hydrogens (tertiary/aromatic N) is 2. The molecule has 2 rings (SSSR count). The number of hydrogen-bond donors (Lipinski definition) is 2. The number of aromatic hydroxyl groups is 1. The Hall–Kier alpha value is -0.810. The van der Waals surface area contributed by atoms with Crippen molar-refractivity contribution >= 4 is 46.4 Å². The lowest BCUT2D eigenvalue weighted by molar-refractivity contribution is -0.386. The van der Waals surface area contributed by atoms with Crippen molar-refractivity contribution < 1.29 is 23.2 Å². The van der Waals surface area contributed by atoms with Crippen LogP contribution >= 0.6 is 40.7 Å². The number of phenolic OH excluding ortho intramolecular Hbond substituents is 1. The van der Waals surface area contributed by atoms with Gasteiger partial charge in [-0.05, 0) is 6.07 Å². The normalized spacial score (nSPS) is 16.7. The zero-order valence-corrected chi connectivity index (χ0v) is 15.3. The van der Waals surface area contributed by atoms with Crippen LogP contribution in [0, 0.1) is 10.1 Å². The number of halogens is 6. The lowest BCUT2D eigenvalue weighted by atomic mass is 10.0. The van der Waals surface area contributed by atoms with Gasteiger partial charge in [0.25, 0.3) is 0 Å². The average Bonchev–Trinajstić information content (AvgIpc) is 2.42. The van der Waals surface area contributed by atoms with Crippen LogP contribution in [-0.4, -0.2) is 47.3 Å². The topological polar surface area (TPSA) is 78.6 Å². The highest BCUT2D eigenvalue weighted by Crippen LogP contribution is 2.45. The van der Waals surface area contributed by atoms with Crippen molar-refractivity contribution in [3.63, 3.8) is 0 Å². The van der Waals surface area contributed by atoms with Gasteiger partial charge in [0.2, 0.25) is 0 Å². The molecule has 0 aliphatic carbocycles. The lowest BCUT2D eigenvalue weighted by Crippen LogP contribution is -2.49. The first kappa shape index (κ1) is 23.2. The number of nitro groups is 1. The van der Waals surface area contributed by atoms with Crippen LogP contribution < -0.4 is 5.32 Å². The van der Waals surface area contributed by atoms with Crippen molar-refractivity contribution in [2.24, 2.45) is 0 Å². The van der Waals surface area contributed by atoms with Crippen LogP contribution in [0.2, 0.25) is 0 Å². The molecule has 1 aromatic carbocycles. The summed E-state index contributed by atoms with van der Waals surface area (Å²) >= 11 is 2.96. The highest BCUT2D eigenvalue weighted by molar-refractivity contribution is 9.10. The molecule has 1 atom stereocenters. The zero-order chi connectivity index (χ0) is 16.5. The van der Waals surface area contributed by atoms with E-state index in [1.165, 1.54) is 0 Å². The number of alkyl halides is 3. The summed E-state index contributed by atoms with van der Waals surface area (Å²) < 4.78 is 40.5. The number of rotatable bonds is 3. The summed E-state index contributed by atoms with van der Waals surface area (Å²) in [6, 6.07) is -0.0437. The smallest absolute Gasteiger partial charge is 0.408 e. The van der Waals surface area contributed by atoms with Gasteiger partial charge in [0.1, 0.15) is 6.04 Å². The van der Waals surface area contributed by atoms with Crippen LogP contribution in [-0.2, 0) is 0 Å². The van der Waals surface area contributed by atoms with Gasteiger partial charge in [0, 0.05) is 42.3 Å². The van der Waals surface area contributed by atoms with Gasteiger partial charge >= 0.3 is 11.9 Å². The summed E-state index contributed by atoms with van der Waals surface area (Å²) in [5.74, 6) is -0.950. The monoisotopic (exact) mass is 455 g/mol. The number of piperazine rings is 1. The third-order valence-electron chi connectivity index (χ3n) is 3.40. The quantitative estimate of drug-likeness (QED) is 0.538. The van der Waals surface area contributed by atoms with Crippen LogP contribution in [0.4, 0.5) is 18.9 Å². The Balaban J connectivity index is 0.00000264. The molecule has 1 aromatic rings. The molecular weight excluding hydrogens is 442 g/mol. The van der Waals surface area contributed by atoms with Gasteiger partial charge in [-0.25, -0.2) is 0 Å². The first-order valence-corrected chi connectivity index (χ1v) is 7.19. The lowest BCUT2D eigenvalue weighted by Gasteiger charge is -2.36. The summed E-state index contributed by atoms with van der Waals surface area (Å²) in [6.07, 6.45) is -4.66. The molecule has 1 fully saturated rings. The Morgan fingerprint density at radius 2 is 1.83 bits per heavy atom. The van der Waals surface area contributed by atoms with E-state index in [0.29, 0.717) is 13.1 Å². The molecule has 0 radical (unpaired) electrons. The van der Waals surface area contributed by atoms with E-state index >= 15 is 0 Å². The molecule has 1 heterocycles. The highest BCUT2D eigenvalue weighted by atomic mass is 79.9. The third kappa shape index (κ3) is 5.09. The average molecular weight is 457 g/mol. The fourth-order valence-corrected chi connectivity index (χ4v) is 2.94. The molecule has 0 spiro atoms. The third-order valence-corrected chi connectivity index (χ3v) is 3.86. The second-order valence-electron chi connectivity index (χ2n) is 4.85. The zero-order valence-electron chi connectivity index (χ0n) is 12.0. The molecule has 1 saturated heterocycles. The minimum atomic E-state index is -4.66. The van der Waals surface area contributed by atoms with E-state index in [1.54, 1.807) is 0 Å². The number of hydrogen-bond acceptors (Lipinski definition) is 5. The summed E-state index contributed by atoms with van der Waals surface area (Å²) in [5, 5.41) is 23.8. The van der Waals surface area contributed by atoms with E-state index in [2.05, 4.69) is 21.2 Å². The Morgan fingerprint density at radius 3 is 2.29 bits per heavy atom. The standard InChI is InChI=1S/C12H13BrF3N3O3.2ClH/c13-7-5-8(10(20)9(6-7)19(21)22)11(12(14,15)16)18-3-1-17-2-4-18;;/h5-6,11,17,20H,1-4H2;2*1H/t11-;;/m0../s1. The van der Waals surface area contributed by atoms with Crippen molar-refractivity contribution in [1.82, 2.24) is 10.2 Å². The second kappa shape index (κ2) is 9.04. The molecule has 0 unspecified atom stereocenters. The van der Waals surface area contributed by atoms with Gasteiger partial charge in [0.05, 0.1) is 4.92 Å². The maximum atomic E-state index is 13.5. The van der Waals surface area contributed by atoms with Gasteiger partial charge in [-0.2, -0.15) is 13.2 Å². The van der Waals surface area contributed by atoms with Crippen molar-refractivity contribution in [2.45, 2.75) is 12.2 Å². The number of phenols is 1. The van der Waals surface area contributed by atoms with E-state index in [9.17, 15) is 28.4 Å². The molecule has 138 valence electrons. The predicted molar refractivity (Wildman–Crippen MR) is 90.2 cm³/mol. The van der Waals surface area contributed by atoms with Crippen LogP contribution in [0.3, 0.4) is 0 Å². The van der Waals surface area contributed by atoms with Crippen molar-refractivity contribution in [3.05, 3.63) is 32.3 Å². The van der Waals surface area contributed by atoms with Crippen LogP contribution in [0.15, 0.2) is 16.6 Å². The molecule has 0 aromatic heterocycles. The summed E-state index contributed by atoms with van der Waals surface area (Å²) in [5.41, 5.74) is -1.27. The van der Waals surface area contributed by atoms with E-state index in [0.717, 1.165) is 17.0 Å². The predicted octanol–water partition coefficient (Wildman–Crippen LogP) is 3.42. The molecule has 6 nitrogen and oxygen atoms in total. The largest absolute Gasteiger partial charge is 0.502 e. The maximum Gasteiger partial charge on any atom is 0.408 e. The maximum absolute atomic E-state index is 13.5. The van der Waals surface area contributed by atoms with Gasteiger partial charge in [-0.1, -0.05) is 15.9 Å². The van der Waals surface area contributed by atoms with Crippen LogP contribution in [0.25, 0.3) is 0 Å². The molecule has 1 aliphatic heterocycles. The summed E-state index contributed by atoms with van der Waals surface area (Å²) in [4.78, 5) is 11.1. The number of nitro benzene ring substituents is 1. The Kier molecular flexibility index (Phi) is 8.74. The van der Waals surface area contributed by atoms with E-state index in [1.807, 2.05) is 0 Å². The molecule has 1 aliphatic rings. The molecule has 0 amide bonds. The second-order valence-corrected chi connectivity index (χ2v) is 5.77.